The quantitative estimate of drug-likeness (QED) is 0.338. The van der Waals surface area contributed by atoms with Gasteiger partial charge < -0.3 is 0 Å². The van der Waals surface area contributed by atoms with Gasteiger partial charge in [-0.25, -0.2) is 0 Å². The van der Waals surface area contributed by atoms with E-state index in [1.165, 1.54) is 0 Å². The predicted molar refractivity (Wildman–Crippen MR) is 28.8 cm³/mol. The van der Waals surface area contributed by atoms with Gasteiger partial charge in [0.05, 0.1) is 0 Å². The summed E-state index contributed by atoms with van der Waals surface area (Å²) in [4.78, 5) is 0.706. The lowest BCUT2D eigenvalue weighted by atomic mass is 10.8. The van der Waals surface area contributed by atoms with Crippen LogP contribution in [0.4, 0.5) is 0 Å². The molecule has 0 atom stereocenters. The molecule has 0 bridgehead atoms. The maximum Gasteiger partial charge on any atom is 0.311 e. The van der Waals surface area contributed by atoms with E-state index in [4.69, 9.17) is 0 Å². The van der Waals surface area contributed by atoms with Crippen LogP contribution in [0.5, 0.6) is 0 Å². The van der Waals surface area contributed by atoms with Gasteiger partial charge >= 0.3 is 4.86 Å². The summed E-state index contributed by atoms with van der Waals surface area (Å²) in [7, 11) is 0.235. The monoisotopic (exact) mass is 186 g/mol. The van der Waals surface area contributed by atoms with Crippen LogP contribution in [-0.4, -0.2) is 4.86 Å². The Morgan fingerprint density at radius 3 is 2.25 bits per heavy atom. The maximum absolute atomic E-state index is 9.26. The van der Waals surface area contributed by atoms with E-state index in [1.807, 2.05) is 22.4 Å². The second kappa shape index (κ2) is 3.89. The molecule has 4 heavy (non-hydrogen) atoms. The molecule has 0 aliphatic rings. The fraction of sp³-hybridized carbons (Fsp3) is 0. The maximum atomic E-state index is 9.26. The highest BCUT2D eigenvalue weighted by Crippen LogP contribution is 1.89. The van der Waals surface area contributed by atoms with Crippen molar-refractivity contribution >= 4 is 35.6 Å². The van der Waals surface area contributed by atoms with Gasteiger partial charge in [0, 0.05) is 0 Å². The Balaban J connectivity index is 2.30. The van der Waals surface area contributed by atoms with Crippen LogP contribution in [0, 0.1) is 0 Å². The highest BCUT2D eigenvalue weighted by molar-refractivity contribution is 14.1. The molecular formula is HBIOP. The van der Waals surface area contributed by atoms with Gasteiger partial charge in [0.1, 0.15) is 8.34 Å². The summed E-state index contributed by atoms with van der Waals surface area (Å²) in [5, 5.41) is 0. The standard InChI is InChI=1S/BHIOP/c2-1-4-3/h1H. The smallest absolute Gasteiger partial charge is 0.287 e. The van der Waals surface area contributed by atoms with Crippen molar-refractivity contribution in [3.8, 4) is 0 Å². The van der Waals surface area contributed by atoms with E-state index >= 15 is 0 Å². The zero-order valence-electron chi connectivity index (χ0n) is 1.94. The Bertz CT molecular complexity index is 22.0. The number of halogens is 1. The first-order chi connectivity index (χ1) is 1.91. The van der Waals surface area contributed by atoms with Crippen molar-refractivity contribution in [1.29, 1.82) is 0 Å². The lowest BCUT2D eigenvalue weighted by Crippen LogP contribution is -1.37. The molecule has 0 aliphatic heterocycles. The van der Waals surface area contributed by atoms with Crippen LogP contribution >= 0.6 is 30.7 Å². The van der Waals surface area contributed by atoms with E-state index in [-0.39, 0.29) is 8.34 Å². The molecule has 1 nitrogen and oxygen atoms in total. The van der Waals surface area contributed by atoms with Gasteiger partial charge in [0.15, 0.2) is 0 Å². The van der Waals surface area contributed by atoms with Crippen LogP contribution in [0.1, 0.15) is 0 Å². The van der Waals surface area contributed by atoms with Gasteiger partial charge in [0.2, 0.25) is 0 Å². The van der Waals surface area contributed by atoms with Crippen LogP contribution in [0.3, 0.4) is 0 Å². The van der Waals surface area contributed by atoms with Crippen LogP contribution < -0.4 is 0 Å². The van der Waals surface area contributed by atoms with E-state index in [0.717, 1.165) is 0 Å². The molecule has 0 N–H and O–H groups in total. The summed E-state index contributed by atoms with van der Waals surface area (Å²) >= 11 is 2.03. The normalized spacial score (nSPS) is 7.25. The Hall–Kier alpha value is 0.895. The Morgan fingerprint density at radius 2 is 2.25 bits per heavy atom. The summed E-state index contributed by atoms with van der Waals surface area (Å²) in [5.41, 5.74) is 0. The SMILES string of the molecule is O=PBI. The molecule has 0 spiro atoms. The van der Waals surface area contributed by atoms with E-state index < -0.39 is 0 Å². The van der Waals surface area contributed by atoms with Crippen molar-refractivity contribution in [1.82, 2.24) is 0 Å². The third-order valence-corrected chi connectivity index (χ3v) is 0.982. The zero-order chi connectivity index (χ0) is 3.41. The molecule has 0 saturated carbocycles. The predicted octanol–water partition coefficient (Wildman–Crippen LogP) is 0.980. The minimum absolute atomic E-state index is 0.235. The van der Waals surface area contributed by atoms with Crippen molar-refractivity contribution in [3.63, 3.8) is 0 Å². The third-order valence-electron chi connectivity index (χ3n) is 0.0488. The minimum atomic E-state index is 0.235. The fourth-order valence-corrected chi connectivity index (χ4v) is 0. The number of hydrogen-bond acceptors (Lipinski definition) is 1. The van der Waals surface area contributed by atoms with Gasteiger partial charge in [-0.05, 0) is 0 Å². The third kappa shape index (κ3) is 2.89. The molecule has 4 heteroatoms. The molecule has 0 amide bonds. The molecule has 22 valence electrons. The highest BCUT2D eigenvalue weighted by Gasteiger charge is 1.65. The van der Waals surface area contributed by atoms with Gasteiger partial charge in [-0.3, -0.25) is 4.57 Å². The molecule has 0 aromatic rings. The van der Waals surface area contributed by atoms with Crippen LogP contribution in [0.2, 0.25) is 0 Å². The Labute approximate surface area is 40.4 Å². The number of hydrogen-bond donors (Lipinski definition) is 0. The first-order valence-corrected chi connectivity index (χ1v) is 3.29. The van der Waals surface area contributed by atoms with Crippen molar-refractivity contribution in [2.45, 2.75) is 0 Å². The summed E-state index contributed by atoms with van der Waals surface area (Å²) < 4.78 is 9.26. The van der Waals surface area contributed by atoms with Crippen LogP contribution in [-0.2, 0) is 4.57 Å². The van der Waals surface area contributed by atoms with Crippen LogP contribution in [0.25, 0.3) is 0 Å². The molecule has 0 aromatic carbocycles. The van der Waals surface area contributed by atoms with Crippen molar-refractivity contribution < 1.29 is 4.57 Å². The lowest BCUT2D eigenvalue weighted by molar-refractivity contribution is 0.605. The minimum Gasteiger partial charge on any atom is -0.287 e. The van der Waals surface area contributed by atoms with Gasteiger partial charge in [-0.2, -0.15) is 0 Å². The summed E-state index contributed by atoms with van der Waals surface area (Å²) in [6.45, 7) is 0. The van der Waals surface area contributed by atoms with Crippen molar-refractivity contribution in [2.75, 3.05) is 0 Å². The van der Waals surface area contributed by atoms with E-state index in [0.29, 0.717) is 4.86 Å². The van der Waals surface area contributed by atoms with Gasteiger partial charge in [-0.15, -0.1) is 22.4 Å². The summed E-state index contributed by atoms with van der Waals surface area (Å²) in [5.74, 6) is 0. The largest absolute Gasteiger partial charge is 0.311 e. The summed E-state index contributed by atoms with van der Waals surface area (Å²) in [6, 6.07) is 0. The van der Waals surface area contributed by atoms with Crippen molar-refractivity contribution in [2.24, 2.45) is 0 Å². The Kier molecular flexibility index (Phi) is 4.77. The topological polar surface area (TPSA) is 17.1 Å². The molecule has 0 radical (unpaired) electrons. The van der Waals surface area contributed by atoms with Gasteiger partial charge in [-0.1, -0.05) is 0 Å². The first kappa shape index (κ1) is 4.89. The second-order valence-corrected chi connectivity index (χ2v) is 2.79. The zero-order valence-corrected chi connectivity index (χ0v) is 4.99. The van der Waals surface area contributed by atoms with Crippen LogP contribution in [0.15, 0.2) is 0 Å². The highest BCUT2D eigenvalue weighted by atomic mass is 127. The first-order valence-electron chi connectivity index (χ1n) is 0.766. The van der Waals surface area contributed by atoms with E-state index in [2.05, 4.69) is 0 Å². The molecule has 0 aliphatic carbocycles. The average Bonchev–Trinajstić information content (AvgIpc) is 1.37. The molecule has 0 saturated heterocycles. The van der Waals surface area contributed by atoms with E-state index in [9.17, 15) is 4.57 Å². The molecule has 0 aromatic heterocycles. The molecule has 0 heterocycles. The lowest BCUT2D eigenvalue weighted by Gasteiger charge is -1.41. The average molecular weight is 186 g/mol. The fourth-order valence-electron chi connectivity index (χ4n) is 0. The number of rotatable bonds is 1. The van der Waals surface area contributed by atoms with Gasteiger partial charge in [0.25, 0.3) is 0 Å². The second-order valence-electron chi connectivity index (χ2n) is 0.249. The molecule has 0 fully saturated rings. The summed E-state index contributed by atoms with van der Waals surface area (Å²) in [6.07, 6.45) is 0. The van der Waals surface area contributed by atoms with Crippen molar-refractivity contribution in [3.05, 3.63) is 0 Å². The molecule has 0 unspecified atom stereocenters. The Morgan fingerprint density at radius 1 is 2.00 bits per heavy atom. The molecule has 0 rings (SSSR count). The molecular weight excluding hydrogens is 185 g/mol. The van der Waals surface area contributed by atoms with E-state index in [1.54, 1.807) is 0 Å².